The molecule has 4 nitrogen and oxygen atoms in total. The van der Waals surface area contributed by atoms with Gasteiger partial charge in [-0.3, -0.25) is 4.79 Å². The molecule has 0 aromatic heterocycles. The minimum absolute atomic E-state index is 0.163. The zero-order valence-corrected chi connectivity index (χ0v) is 11.1. The summed E-state index contributed by atoms with van der Waals surface area (Å²) in [5.41, 5.74) is 5.20. The lowest BCUT2D eigenvalue weighted by molar-refractivity contribution is 0.0992. The third-order valence-electron chi connectivity index (χ3n) is 2.99. The Morgan fingerprint density at radius 2 is 1.86 bits per heavy atom. The number of carbonyl (C=O) groups excluding carboxylic acids is 1. The summed E-state index contributed by atoms with van der Waals surface area (Å²) < 4.78 is 26.8. The third-order valence-corrected chi connectivity index (χ3v) is 2.99. The second-order valence-electron chi connectivity index (χ2n) is 4.38. The number of nitrogens with zero attached hydrogens (tertiary/aromatic N) is 2. The molecule has 2 aromatic rings. The number of hydrogen-bond donors (Lipinski definition) is 1. The number of nitrogens with two attached hydrogens (primary N) is 1. The van der Waals surface area contributed by atoms with E-state index in [1.807, 2.05) is 6.07 Å². The van der Waals surface area contributed by atoms with E-state index in [9.17, 15) is 13.6 Å². The zero-order chi connectivity index (χ0) is 15.6. The molecule has 0 atom stereocenters. The predicted octanol–water partition coefficient (Wildman–Crippen LogP) is 2.70. The Morgan fingerprint density at radius 3 is 2.43 bits per heavy atom. The lowest BCUT2D eigenvalue weighted by Crippen LogP contribution is -2.26. The number of halogens is 2. The molecular formula is C15H11F2N3O. The van der Waals surface area contributed by atoms with Crippen LogP contribution in [0.3, 0.4) is 0 Å². The number of rotatable bonds is 2. The van der Waals surface area contributed by atoms with Crippen LogP contribution in [0.1, 0.15) is 15.9 Å². The fourth-order valence-corrected chi connectivity index (χ4v) is 1.80. The van der Waals surface area contributed by atoms with E-state index in [2.05, 4.69) is 0 Å². The fourth-order valence-electron chi connectivity index (χ4n) is 1.80. The first-order valence-corrected chi connectivity index (χ1v) is 5.96. The van der Waals surface area contributed by atoms with Gasteiger partial charge in [0.15, 0.2) is 0 Å². The molecule has 6 heteroatoms. The molecule has 2 rings (SSSR count). The topological polar surface area (TPSA) is 70.1 Å². The minimum Gasteiger partial charge on any atom is -0.394 e. The van der Waals surface area contributed by atoms with Crippen LogP contribution < -0.4 is 10.6 Å². The first kappa shape index (κ1) is 14.5. The summed E-state index contributed by atoms with van der Waals surface area (Å²) in [6.07, 6.45) is 0. The molecule has 0 unspecified atom stereocenters. The van der Waals surface area contributed by atoms with Gasteiger partial charge in [0.25, 0.3) is 5.91 Å². The number of amides is 1. The summed E-state index contributed by atoms with van der Waals surface area (Å²) >= 11 is 0. The molecule has 0 fully saturated rings. The van der Waals surface area contributed by atoms with Crippen molar-refractivity contribution in [1.29, 1.82) is 5.26 Å². The van der Waals surface area contributed by atoms with Crippen molar-refractivity contribution in [2.24, 2.45) is 0 Å². The molecule has 106 valence electrons. The molecule has 1 amide bonds. The van der Waals surface area contributed by atoms with E-state index in [4.69, 9.17) is 11.0 Å². The van der Waals surface area contributed by atoms with Crippen LogP contribution in [0.25, 0.3) is 0 Å². The molecule has 0 spiro atoms. The summed E-state index contributed by atoms with van der Waals surface area (Å²) in [5, 5.41) is 8.84. The molecular weight excluding hydrogens is 276 g/mol. The van der Waals surface area contributed by atoms with Crippen molar-refractivity contribution in [2.75, 3.05) is 17.7 Å². The van der Waals surface area contributed by atoms with E-state index in [-0.39, 0.29) is 5.56 Å². The van der Waals surface area contributed by atoms with E-state index in [1.54, 1.807) is 18.2 Å². The van der Waals surface area contributed by atoms with Gasteiger partial charge in [0.05, 0.1) is 11.6 Å². The number of hydrogen-bond acceptors (Lipinski definition) is 3. The first-order valence-electron chi connectivity index (χ1n) is 5.96. The van der Waals surface area contributed by atoms with E-state index < -0.39 is 23.2 Å². The molecule has 0 aliphatic heterocycles. The Labute approximate surface area is 120 Å². The first-order chi connectivity index (χ1) is 9.93. The summed E-state index contributed by atoms with van der Waals surface area (Å²) in [4.78, 5) is 13.4. The van der Waals surface area contributed by atoms with Gasteiger partial charge in [-0.1, -0.05) is 6.07 Å². The summed E-state index contributed by atoms with van der Waals surface area (Å²) in [7, 11) is 1.45. The largest absolute Gasteiger partial charge is 0.394 e. The van der Waals surface area contributed by atoms with E-state index in [1.165, 1.54) is 18.0 Å². The Balaban J connectivity index is 2.37. The molecule has 2 N–H and O–H groups in total. The Bertz CT molecular complexity index is 730. The van der Waals surface area contributed by atoms with Gasteiger partial charge < -0.3 is 10.6 Å². The summed E-state index contributed by atoms with van der Waals surface area (Å²) in [6.45, 7) is 0. The lowest BCUT2D eigenvalue weighted by Gasteiger charge is -2.18. The molecule has 21 heavy (non-hydrogen) atoms. The van der Waals surface area contributed by atoms with Crippen LogP contribution in [0, 0.1) is 23.0 Å². The van der Waals surface area contributed by atoms with E-state index in [0.29, 0.717) is 11.3 Å². The van der Waals surface area contributed by atoms with Crippen LogP contribution in [0.4, 0.5) is 20.2 Å². The standard InChI is InChI=1S/C15H11F2N3O/c1-20(11-4-2-3-9(5-11)8-18)15(21)10-6-12(16)14(19)13(17)7-10/h2-7H,19H2,1H3. The quantitative estimate of drug-likeness (QED) is 0.863. The van der Waals surface area contributed by atoms with Crippen LogP contribution in [0.15, 0.2) is 36.4 Å². The van der Waals surface area contributed by atoms with Crippen LogP contribution in [-0.4, -0.2) is 13.0 Å². The Hall–Kier alpha value is -2.94. The number of benzene rings is 2. The Morgan fingerprint density at radius 1 is 1.24 bits per heavy atom. The summed E-state index contributed by atoms with van der Waals surface area (Å²) in [6, 6.07) is 10.0. The van der Waals surface area contributed by atoms with Crippen molar-refractivity contribution >= 4 is 17.3 Å². The van der Waals surface area contributed by atoms with Gasteiger partial charge in [-0.25, -0.2) is 8.78 Å². The summed E-state index contributed by atoms with van der Waals surface area (Å²) in [5.74, 6) is -2.59. The van der Waals surface area contributed by atoms with Gasteiger partial charge in [-0.05, 0) is 30.3 Å². The maximum Gasteiger partial charge on any atom is 0.258 e. The maximum atomic E-state index is 13.4. The second-order valence-corrected chi connectivity index (χ2v) is 4.38. The molecule has 0 aliphatic carbocycles. The number of anilines is 2. The van der Waals surface area contributed by atoms with Crippen molar-refractivity contribution in [1.82, 2.24) is 0 Å². The Kier molecular flexibility index (Phi) is 3.85. The highest BCUT2D eigenvalue weighted by atomic mass is 19.1. The third kappa shape index (κ3) is 2.82. The zero-order valence-electron chi connectivity index (χ0n) is 11.1. The average molecular weight is 287 g/mol. The second kappa shape index (κ2) is 5.59. The van der Waals surface area contributed by atoms with Crippen LogP contribution in [-0.2, 0) is 0 Å². The molecule has 2 aromatic carbocycles. The van der Waals surface area contributed by atoms with E-state index >= 15 is 0 Å². The van der Waals surface area contributed by atoms with Crippen molar-refractivity contribution in [3.63, 3.8) is 0 Å². The molecule has 0 saturated carbocycles. The highest BCUT2D eigenvalue weighted by Crippen LogP contribution is 2.21. The highest BCUT2D eigenvalue weighted by Gasteiger charge is 2.17. The van der Waals surface area contributed by atoms with Gasteiger partial charge in [0.1, 0.15) is 17.3 Å². The van der Waals surface area contributed by atoms with Crippen molar-refractivity contribution in [3.8, 4) is 6.07 Å². The molecule has 0 saturated heterocycles. The monoisotopic (exact) mass is 287 g/mol. The van der Waals surface area contributed by atoms with Crippen LogP contribution in [0.2, 0.25) is 0 Å². The smallest absolute Gasteiger partial charge is 0.258 e. The molecule has 0 heterocycles. The van der Waals surface area contributed by atoms with Crippen molar-refractivity contribution < 1.29 is 13.6 Å². The fraction of sp³-hybridized carbons (Fsp3) is 0.0667. The van der Waals surface area contributed by atoms with Crippen LogP contribution in [0.5, 0.6) is 0 Å². The number of nitriles is 1. The lowest BCUT2D eigenvalue weighted by atomic mass is 10.1. The van der Waals surface area contributed by atoms with Gasteiger partial charge in [-0.2, -0.15) is 5.26 Å². The van der Waals surface area contributed by atoms with Crippen molar-refractivity contribution in [2.45, 2.75) is 0 Å². The maximum absolute atomic E-state index is 13.4. The average Bonchev–Trinajstić information content (AvgIpc) is 2.50. The van der Waals surface area contributed by atoms with Gasteiger partial charge >= 0.3 is 0 Å². The van der Waals surface area contributed by atoms with Gasteiger partial charge in [0, 0.05) is 18.3 Å². The number of carbonyl (C=O) groups is 1. The molecule has 0 bridgehead atoms. The van der Waals surface area contributed by atoms with Gasteiger partial charge in [-0.15, -0.1) is 0 Å². The molecule has 0 aliphatic rings. The molecule has 0 radical (unpaired) electrons. The van der Waals surface area contributed by atoms with E-state index in [0.717, 1.165) is 12.1 Å². The highest BCUT2D eigenvalue weighted by molar-refractivity contribution is 6.06. The number of nitrogen functional groups attached to an aromatic ring is 1. The predicted molar refractivity (Wildman–Crippen MR) is 74.7 cm³/mol. The van der Waals surface area contributed by atoms with Crippen LogP contribution >= 0.6 is 0 Å². The van der Waals surface area contributed by atoms with Gasteiger partial charge in [0.2, 0.25) is 0 Å². The SMILES string of the molecule is CN(C(=O)c1cc(F)c(N)c(F)c1)c1cccc(C#N)c1. The minimum atomic E-state index is -0.988. The normalized spacial score (nSPS) is 10.0. The van der Waals surface area contributed by atoms with Crippen molar-refractivity contribution in [3.05, 3.63) is 59.2 Å².